The second kappa shape index (κ2) is 11.3. The fourth-order valence-corrected chi connectivity index (χ4v) is 3.58. The van der Waals surface area contributed by atoms with Crippen LogP contribution in [0.3, 0.4) is 0 Å². The Labute approximate surface area is 239 Å². The molecule has 1 aliphatic rings. The van der Waals surface area contributed by atoms with E-state index in [2.05, 4.69) is 15.0 Å². The molecule has 0 saturated carbocycles. The van der Waals surface area contributed by atoms with Gasteiger partial charge >= 0.3 is 24.1 Å². The Kier molecular flexibility index (Phi) is 8.73. The predicted octanol–water partition coefficient (Wildman–Crippen LogP) is 7.15. The van der Waals surface area contributed by atoms with Gasteiger partial charge in [0.2, 0.25) is 0 Å². The van der Waals surface area contributed by atoms with Gasteiger partial charge in [0.05, 0.1) is 12.4 Å². The van der Waals surface area contributed by atoms with Crippen LogP contribution in [0.5, 0.6) is 0 Å². The number of hydrogen-bond acceptors (Lipinski definition) is 8. The number of hydrogen-bond donors (Lipinski definition) is 0. The molecule has 0 fully saturated rings. The van der Waals surface area contributed by atoms with E-state index in [0.717, 1.165) is 43.6 Å². The molecule has 0 aliphatic carbocycles. The SMILES string of the molecule is CC(C)(C)OC(=O)N(C(=O)OC(C)(C)C)C1=N[C@](C)(c2cc(/C=C(\F)c3cnc(Cl)cn3)ccc2F)C(F)(F)CO1. The lowest BCUT2D eigenvalue weighted by atomic mass is 9.84. The quantitative estimate of drug-likeness (QED) is 0.345. The van der Waals surface area contributed by atoms with Crippen molar-refractivity contribution in [2.45, 2.75) is 71.1 Å². The Morgan fingerprint density at radius 3 is 2.15 bits per heavy atom. The van der Waals surface area contributed by atoms with Crippen LogP contribution in [0.1, 0.15) is 65.3 Å². The first-order valence-electron chi connectivity index (χ1n) is 12.2. The third kappa shape index (κ3) is 7.51. The normalized spacial score (nSPS) is 19.1. The van der Waals surface area contributed by atoms with Crippen molar-refractivity contribution in [3.63, 3.8) is 0 Å². The number of ether oxygens (including phenoxy) is 3. The van der Waals surface area contributed by atoms with E-state index in [1.807, 2.05) is 0 Å². The van der Waals surface area contributed by atoms with Crippen LogP contribution in [-0.2, 0) is 19.7 Å². The number of benzene rings is 1. The summed E-state index contributed by atoms with van der Waals surface area (Å²) < 4.78 is 76.3. The monoisotopic (exact) mass is 600 g/mol. The van der Waals surface area contributed by atoms with E-state index >= 15 is 13.2 Å². The molecule has 0 spiro atoms. The average molecular weight is 601 g/mol. The number of aliphatic imine (C=N–C) groups is 1. The number of halogens is 5. The minimum absolute atomic E-state index is 0.0212. The maximum absolute atomic E-state index is 15.4. The van der Waals surface area contributed by atoms with Gasteiger partial charge in [-0.15, -0.1) is 4.90 Å². The molecule has 3 rings (SSSR count). The molecule has 1 aromatic heterocycles. The zero-order chi connectivity index (χ0) is 31.0. The summed E-state index contributed by atoms with van der Waals surface area (Å²) in [5.41, 5.74) is -5.83. The Hall–Kier alpha value is -3.74. The van der Waals surface area contributed by atoms with Gasteiger partial charge in [-0.3, -0.25) is 0 Å². The summed E-state index contributed by atoms with van der Waals surface area (Å²) in [5, 5.41) is 0.0285. The lowest BCUT2D eigenvalue weighted by molar-refractivity contribution is -0.121. The highest BCUT2D eigenvalue weighted by Crippen LogP contribution is 2.45. The zero-order valence-electron chi connectivity index (χ0n) is 23.4. The van der Waals surface area contributed by atoms with E-state index < -0.39 is 64.7 Å². The molecule has 1 atom stereocenters. The van der Waals surface area contributed by atoms with Crippen molar-refractivity contribution in [1.82, 2.24) is 14.9 Å². The van der Waals surface area contributed by atoms with Crippen LogP contribution in [0, 0.1) is 5.82 Å². The fraction of sp³-hybridized carbons (Fsp3) is 0.444. The van der Waals surface area contributed by atoms with Gasteiger partial charge in [-0.1, -0.05) is 17.7 Å². The number of aromatic nitrogens is 2. The van der Waals surface area contributed by atoms with Crippen LogP contribution in [0.4, 0.5) is 27.2 Å². The first-order valence-corrected chi connectivity index (χ1v) is 12.6. The molecule has 2 heterocycles. The molecule has 2 aromatic rings. The topological polar surface area (TPSA) is 103 Å². The summed E-state index contributed by atoms with van der Waals surface area (Å²) in [6.45, 7) is 8.61. The van der Waals surface area contributed by atoms with Gasteiger partial charge in [0.25, 0.3) is 0 Å². The van der Waals surface area contributed by atoms with Crippen LogP contribution >= 0.6 is 11.6 Å². The molecule has 14 heteroatoms. The van der Waals surface area contributed by atoms with E-state index in [0.29, 0.717) is 0 Å². The van der Waals surface area contributed by atoms with Crippen molar-refractivity contribution in [2.24, 2.45) is 4.99 Å². The Morgan fingerprint density at radius 1 is 1.05 bits per heavy atom. The highest BCUT2D eigenvalue weighted by atomic mass is 35.5. The molecule has 1 aliphatic heterocycles. The van der Waals surface area contributed by atoms with Gasteiger partial charge in [-0.2, -0.15) is 8.78 Å². The first kappa shape index (κ1) is 31.8. The highest BCUT2D eigenvalue weighted by Gasteiger charge is 2.58. The van der Waals surface area contributed by atoms with Crippen LogP contribution < -0.4 is 0 Å². The first-order chi connectivity index (χ1) is 18.7. The molecule has 0 N–H and O–H groups in total. The lowest BCUT2D eigenvalue weighted by Crippen LogP contribution is -2.56. The summed E-state index contributed by atoms with van der Waals surface area (Å²) in [6.07, 6.45) is 0.467. The third-order valence-electron chi connectivity index (χ3n) is 5.43. The van der Waals surface area contributed by atoms with Crippen LogP contribution in [0.25, 0.3) is 11.9 Å². The predicted molar refractivity (Wildman–Crippen MR) is 142 cm³/mol. The van der Waals surface area contributed by atoms with Gasteiger partial charge in [0.15, 0.2) is 18.0 Å². The van der Waals surface area contributed by atoms with Crippen molar-refractivity contribution in [1.29, 1.82) is 0 Å². The minimum atomic E-state index is -3.85. The molecule has 0 bridgehead atoms. The van der Waals surface area contributed by atoms with Gasteiger partial charge in [0.1, 0.15) is 27.9 Å². The Balaban J connectivity index is 2.14. The summed E-state index contributed by atoms with van der Waals surface area (Å²) in [6, 6.07) is 2.07. The Morgan fingerprint density at radius 2 is 1.63 bits per heavy atom. The van der Waals surface area contributed by atoms with Gasteiger partial charge in [-0.25, -0.2) is 33.3 Å². The van der Waals surface area contributed by atoms with E-state index in [4.69, 9.17) is 25.8 Å². The molecule has 0 unspecified atom stereocenters. The third-order valence-corrected chi connectivity index (χ3v) is 5.63. The molecule has 222 valence electrons. The molecule has 2 amide bonds. The number of imide groups is 1. The molecule has 0 saturated heterocycles. The summed E-state index contributed by atoms with van der Waals surface area (Å²) >= 11 is 5.67. The van der Waals surface area contributed by atoms with E-state index in [-0.39, 0.29) is 21.3 Å². The van der Waals surface area contributed by atoms with Crippen molar-refractivity contribution < 1.29 is 41.4 Å². The number of alkyl halides is 2. The van der Waals surface area contributed by atoms with Gasteiger partial charge < -0.3 is 14.2 Å². The van der Waals surface area contributed by atoms with Crippen LogP contribution in [-0.4, -0.2) is 56.8 Å². The van der Waals surface area contributed by atoms with Gasteiger partial charge in [0, 0.05) is 5.56 Å². The molecule has 41 heavy (non-hydrogen) atoms. The van der Waals surface area contributed by atoms with Gasteiger partial charge in [-0.05, 0) is 72.2 Å². The smallest absolute Gasteiger partial charge is 0.428 e. The number of carbonyl (C=O) groups is 2. The van der Waals surface area contributed by atoms with E-state index in [1.54, 1.807) is 0 Å². The van der Waals surface area contributed by atoms with Crippen molar-refractivity contribution >= 4 is 41.7 Å². The molecular weight excluding hydrogens is 572 g/mol. The van der Waals surface area contributed by atoms with Crippen molar-refractivity contribution in [3.8, 4) is 0 Å². The standard InChI is InChI=1S/C27H29ClF4N4O5/c1-24(2,3)40-22(37)36(23(38)41-25(4,5)6)21-35-26(7,27(31,32)14-39-21)16-10-15(8-9-17(16)29)11-18(30)19-12-34-20(28)13-33-19/h8-13H,14H2,1-7H3/b18-11-/t26-/m1/s1. The number of amides is 2. The van der Waals surface area contributed by atoms with E-state index in [9.17, 15) is 14.0 Å². The Bertz CT molecular complexity index is 1360. The largest absolute Gasteiger partial charge is 0.458 e. The van der Waals surface area contributed by atoms with Crippen molar-refractivity contribution in [3.05, 3.63) is 58.4 Å². The molecule has 9 nitrogen and oxygen atoms in total. The second-order valence-electron chi connectivity index (χ2n) is 11.2. The number of rotatable bonds is 3. The van der Waals surface area contributed by atoms with Crippen LogP contribution in [0.2, 0.25) is 5.15 Å². The number of carbonyl (C=O) groups excluding carboxylic acids is 2. The lowest BCUT2D eigenvalue weighted by Gasteiger charge is -2.40. The fourth-order valence-electron chi connectivity index (χ4n) is 3.48. The number of nitrogens with zero attached hydrogens (tertiary/aromatic N) is 4. The summed E-state index contributed by atoms with van der Waals surface area (Å²) in [5.74, 6) is -5.86. The summed E-state index contributed by atoms with van der Waals surface area (Å²) in [4.78, 5) is 37.6. The van der Waals surface area contributed by atoms with E-state index in [1.165, 1.54) is 41.5 Å². The molecule has 0 radical (unpaired) electrons. The maximum atomic E-state index is 15.4. The number of amidine groups is 1. The van der Waals surface area contributed by atoms with Crippen molar-refractivity contribution in [2.75, 3.05) is 6.61 Å². The van der Waals surface area contributed by atoms with Crippen LogP contribution in [0.15, 0.2) is 35.6 Å². The zero-order valence-corrected chi connectivity index (χ0v) is 24.1. The maximum Gasteiger partial charge on any atom is 0.428 e. The highest BCUT2D eigenvalue weighted by molar-refractivity contribution is 6.29. The average Bonchev–Trinajstić information content (AvgIpc) is 2.81. The molecular formula is C27H29ClF4N4O5. The summed E-state index contributed by atoms with van der Waals surface area (Å²) in [7, 11) is 0. The minimum Gasteiger partial charge on any atom is -0.458 e. The molecule has 1 aromatic carbocycles. The second-order valence-corrected chi connectivity index (χ2v) is 11.6.